The second-order valence-electron chi connectivity index (χ2n) is 6.45. The molecule has 0 unspecified atom stereocenters. The van der Waals surface area contributed by atoms with Crippen molar-refractivity contribution in [1.82, 2.24) is 24.3 Å². The number of hydrogen-bond donors (Lipinski definition) is 1. The lowest BCUT2D eigenvalue weighted by atomic mass is 10.3. The van der Waals surface area contributed by atoms with Crippen LogP contribution in [-0.2, 0) is 4.79 Å². The summed E-state index contributed by atoms with van der Waals surface area (Å²) in [5.74, 6) is 0.217. The van der Waals surface area contributed by atoms with Gasteiger partial charge in [0.2, 0.25) is 12.2 Å². The van der Waals surface area contributed by atoms with Crippen molar-refractivity contribution in [2.75, 3.05) is 31.5 Å². The van der Waals surface area contributed by atoms with Gasteiger partial charge in [-0.05, 0) is 19.1 Å². The lowest BCUT2D eigenvalue weighted by Crippen LogP contribution is -2.48. The van der Waals surface area contributed by atoms with Crippen LogP contribution in [0.5, 0.6) is 0 Å². The number of carbonyl (C=O) groups excluding carboxylic acids is 3. The Kier molecular flexibility index (Phi) is 4.52. The molecule has 1 fully saturated rings. The van der Waals surface area contributed by atoms with Gasteiger partial charge in [-0.2, -0.15) is 0 Å². The molecule has 1 saturated heterocycles. The van der Waals surface area contributed by atoms with Crippen molar-refractivity contribution in [3.8, 4) is 0 Å². The maximum Gasteiger partial charge on any atom is 0.290 e. The van der Waals surface area contributed by atoms with Crippen LogP contribution in [0.2, 0.25) is 0 Å². The molecule has 0 aliphatic carbocycles. The predicted molar refractivity (Wildman–Crippen MR) is 97.9 cm³/mol. The molecule has 3 aromatic rings. The maximum absolute atomic E-state index is 13.0. The zero-order chi connectivity index (χ0) is 19.7. The van der Waals surface area contributed by atoms with Gasteiger partial charge in [0.25, 0.3) is 11.8 Å². The van der Waals surface area contributed by atoms with Crippen molar-refractivity contribution in [2.24, 2.45) is 0 Å². The fourth-order valence-corrected chi connectivity index (χ4v) is 3.13. The first kappa shape index (κ1) is 17.7. The van der Waals surface area contributed by atoms with Gasteiger partial charge in [0.1, 0.15) is 5.76 Å². The normalized spacial score (nSPS) is 14.3. The molecule has 4 rings (SSSR count). The molecular weight excluding hydrogens is 364 g/mol. The first-order chi connectivity index (χ1) is 13.6. The van der Waals surface area contributed by atoms with Crippen LogP contribution in [0.15, 0.2) is 35.0 Å². The molecule has 0 saturated carbocycles. The van der Waals surface area contributed by atoms with Gasteiger partial charge in [-0.25, -0.2) is 4.98 Å². The second kappa shape index (κ2) is 7.14. The number of imidazole rings is 1. The van der Waals surface area contributed by atoms with Crippen LogP contribution in [0.4, 0.5) is 5.82 Å². The SMILES string of the molecule is Cc1cc(NC(=O)c2nc(C(=O)N3CCN(C=O)CC3)n3ccccc23)no1. The number of amides is 3. The van der Waals surface area contributed by atoms with Crippen molar-refractivity contribution in [3.05, 3.63) is 47.7 Å². The fourth-order valence-electron chi connectivity index (χ4n) is 3.13. The molecule has 0 bridgehead atoms. The number of anilines is 1. The van der Waals surface area contributed by atoms with Crippen LogP contribution in [0.25, 0.3) is 5.52 Å². The van der Waals surface area contributed by atoms with Gasteiger partial charge < -0.3 is 19.6 Å². The second-order valence-corrected chi connectivity index (χ2v) is 6.45. The molecule has 144 valence electrons. The Bertz CT molecular complexity index is 1050. The fraction of sp³-hybridized carbons (Fsp3) is 0.278. The minimum Gasteiger partial charge on any atom is -0.360 e. The summed E-state index contributed by atoms with van der Waals surface area (Å²) in [6.45, 7) is 3.49. The largest absolute Gasteiger partial charge is 0.360 e. The van der Waals surface area contributed by atoms with Crippen molar-refractivity contribution in [3.63, 3.8) is 0 Å². The maximum atomic E-state index is 13.0. The first-order valence-electron chi connectivity index (χ1n) is 8.77. The van der Waals surface area contributed by atoms with Gasteiger partial charge in [0.15, 0.2) is 11.5 Å². The summed E-state index contributed by atoms with van der Waals surface area (Å²) >= 11 is 0. The van der Waals surface area contributed by atoms with Crippen molar-refractivity contribution < 1.29 is 18.9 Å². The molecule has 1 N–H and O–H groups in total. The average Bonchev–Trinajstić information content (AvgIpc) is 3.31. The number of aryl methyl sites for hydroxylation is 1. The summed E-state index contributed by atoms with van der Waals surface area (Å²) in [7, 11) is 0. The molecule has 0 spiro atoms. The van der Waals surface area contributed by atoms with E-state index in [2.05, 4.69) is 15.5 Å². The van der Waals surface area contributed by atoms with E-state index in [0.29, 0.717) is 37.5 Å². The van der Waals surface area contributed by atoms with Crippen molar-refractivity contribution >= 4 is 29.6 Å². The zero-order valence-corrected chi connectivity index (χ0v) is 15.2. The van der Waals surface area contributed by atoms with E-state index in [-0.39, 0.29) is 23.2 Å². The van der Waals surface area contributed by atoms with Crippen LogP contribution in [0.1, 0.15) is 26.9 Å². The van der Waals surface area contributed by atoms with Crippen LogP contribution in [0.3, 0.4) is 0 Å². The Morgan fingerprint density at radius 1 is 1.21 bits per heavy atom. The molecule has 1 aliphatic rings. The van der Waals surface area contributed by atoms with E-state index in [1.807, 2.05) is 0 Å². The van der Waals surface area contributed by atoms with E-state index in [1.54, 1.807) is 51.6 Å². The van der Waals surface area contributed by atoms with Crippen molar-refractivity contribution in [1.29, 1.82) is 0 Å². The lowest BCUT2D eigenvalue weighted by molar-refractivity contribution is -0.119. The Balaban J connectivity index is 1.63. The lowest BCUT2D eigenvalue weighted by Gasteiger charge is -2.32. The number of pyridine rings is 1. The number of piperazine rings is 1. The van der Waals surface area contributed by atoms with Gasteiger partial charge in [0, 0.05) is 38.4 Å². The quantitative estimate of drug-likeness (QED) is 0.668. The van der Waals surface area contributed by atoms with Crippen LogP contribution in [0, 0.1) is 6.92 Å². The monoisotopic (exact) mass is 382 g/mol. The summed E-state index contributed by atoms with van der Waals surface area (Å²) in [4.78, 5) is 44.1. The van der Waals surface area contributed by atoms with Gasteiger partial charge in [0.05, 0.1) is 5.52 Å². The Labute approximate surface area is 159 Å². The highest BCUT2D eigenvalue weighted by atomic mass is 16.5. The molecule has 3 aromatic heterocycles. The number of nitrogens with one attached hydrogen (secondary N) is 1. The number of fused-ring (bicyclic) bond motifs is 1. The number of rotatable bonds is 4. The number of nitrogens with zero attached hydrogens (tertiary/aromatic N) is 5. The molecule has 10 nitrogen and oxygen atoms in total. The summed E-state index contributed by atoms with van der Waals surface area (Å²) in [5, 5.41) is 6.37. The summed E-state index contributed by atoms with van der Waals surface area (Å²) in [6.07, 6.45) is 2.47. The summed E-state index contributed by atoms with van der Waals surface area (Å²) in [6, 6.07) is 6.84. The molecule has 10 heteroatoms. The molecule has 0 aromatic carbocycles. The number of hydrogen-bond acceptors (Lipinski definition) is 6. The van der Waals surface area contributed by atoms with Gasteiger partial charge in [-0.1, -0.05) is 11.2 Å². The predicted octanol–water partition coefficient (Wildman–Crippen LogP) is 0.797. The zero-order valence-electron chi connectivity index (χ0n) is 15.2. The van der Waals surface area contributed by atoms with E-state index >= 15 is 0 Å². The molecular formula is C18H18N6O4. The highest BCUT2D eigenvalue weighted by Crippen LogP contribution is 2.17. The first-order valence-corrected chi connectivity index (χ1v) is 8.77. The van der Waals surface area contributed by atoms with Crippen LogP contribution >= 0.6 is 0 Å². The van der Waals surface area contributed by atoms with Gasteiger partial charge in [-0.15, -0.1) is 0 Å². The third kappa shape index (κ3) is 3.20. The van der Waals surface area contributed by atoms with E-state index in [9.17, 15) is 14.4 Å². The summed E-state index contributed by atoms with van der Waals surface area (Å²) < 4.78 is 6.54. The van der Waals surface area contributed by atoms with Gasteiger partial charge >= 0.3 is 0 Å². The Morgan fingerprint density at radius 2 is 2.00 bits per heavy atom. The number of carbonyl (C=O) groups is 3. The van der Waals surface area contributed by atoms with E-state index < -0.39 is 5.91 Å². The molecule has 4 heterocycles. The molecule has 0 atom stereocenters. The van der Waals surface area contributed by atoms with E-state index in [4.69, 9.17) is 4.52 Å². The Hall–Kier alpha value is -3.69. The average molecular weight is 382 g/mol. The minimum absolute atomic E-state index is 0.121. The third-order valence-electron chi connectivity index (χ3n) is 4.57. The molecule has 0 radical (unpaired) electrons. The standard InChI is InChI=1S/C18H18N6O4/c1-12-10-14(21-28-12)19-17(26)15-13-4-2-3-5-24(13)16(20-15)18(27)23-8-6-22(11-25)7-9-23/h2-5,10-11H,6-9H2,1H3,(H,19,21,26). The molecule has 3 amide bonds. The smallest absolute Gasteiger partial charge is 0.290 e. The molecule has 28 heavy (non-hydrogen) atoms. The topological polar surface area (TPSA) is 113 Å². The molecule has 1 aliphatic heterocycles. The van der Waals surface area contributed by atoms with Gasteiger partial charge in [-0.3, -0.25) is 18.8 Å². The Morgan fingerprint density at radius 3 is 2.68 bits per heavy atom. The van der Waals surface area contributed by atoms with Crippen LogP contribution < -0.4 is 5.32 Å². The highest BCUT2D eigenvalue weighted by molar-refractivity contribution is 6.08. The summed E-state index contributed by atoms with van der Waals surface area (Å²) in [5.41, 5.74) is 0.631. The van der Waals surface area contributed by atoms with E-state index in [0.717, 1.165) is 6.41 Å². The van der Waals surface area contributed by atoms with Crippen molar-refractivity contribution in [2.45, 2.75) is 6.92 Å². The third-order valence-corrected chi connectivity index (χ3v) is 4.57. The highest BCUT2D eigenvalue weighted by Gasteiger charge is 2.27. The minimum atomic E-state index is -0.484. The van der Waals surface area contributed by atoms with E-state index in [1.165, 1.54) is 0 Å². The number of aromatic nitrogens is 3. The van der Waals surface area contributed by atoms with Crippen LogP contribution in [-0.4, -0.2) is 68.7 Å².